The van der Waals surface area contributed by atoms with Gasteiger partial charge in [0.25, 0.3) is 5.91 Å². The van der Waals surface area contributed by atoms with Crippen molar-refractivity contribution in [1.29, 1.82) is 0 Å². The van der Waals surface area contributed by atoms with Crippen LogP contribution in [-0.4, -0.2) is 34.9 Å². The Bertz CT molecular complexity index is 1270. The van der Waals surface area contributed by atoms with E-state index < -0.39 is 0 Å². The van der Waals surface area contributed by atoms with Crippen molar-refractivity contribution < 1.29 is 14.3 Å². The summed E-state index contributed by atoms with van der Waals surface area (Å²) >= 11 is 5.94. The van der Waals surface area contributed by atoms with Crippen LogP contribution < -0.4 is 10.1 Å². The number of aromatic nitrogens is 2. The zero-order valence-electron chi connectivity index (χ0n) is 17.5. The largest absolute Gasteiger partial charge is 0.497 e. The first kappa shape index (κ1) is 21.6. The SMILES string of the molecule is COc1cccc(C(=O)NCCc2nc3ccccc3n2CC(=O)c2ccc(Cl)cc2)c1. The zero-order valence-corrected chi connectivity index (χ0v) is 18.3. The van der Waals surface area contributed by atoms with Crippen molar-refractivity contribution in [2.45, 2.75) is 13.0 Å². The second-order valence-electron chi connectivity index (χ2n) is 7.27. The fraction of sp³-hybridized carbons (Fsp3) is 0.160. The minimum absolute atomic E-state index is 0.0357. The van der Waals surface area contributed by atoms with Crippen LogP contribution in [0.15, 0.2) is 72.8 Å². The minimum Gasteiger partial charge on any atom is -0.497 e. The van der Waals surface area contributed by atoms with Crippen molar-refractivity contribution >= 4 is 34.3 Å². The Balaban J connectivity index is 1.50. The average Bonchev–Trinajstić information content (AvgIpc) is 3.16. The molecular formula is C25H22ClN3O3. The fourth-order valence-electron chi connectivity index (χ4n) is 3.52. The maximum absolute atomic E-state index is 12.9. The van der Waals surface area contributed by atoms with Crippen LogP contribution in [0, 0.1) is 0 Å². The number of nitrogens with one attached hydrogen (secondary N) is 1. The molecule has 0 unspecified atom stereocenters. The molecule has 1 aromatic heterocycles. The van der Waals surface area contributed by atoms with Crippen LogP contribution in [0.1, 0.15) is 26.5 Å². The fourth-order valence-corrected chi connectivity index (χ4v) is 3.64. The number of ketones is 1. The molecule has 1 heterocycles. The summed E-state index contributed by atoms with van der Waals surface area (Å²) in [5.74, 6) is 1.13. The summed E-state index contributed by atoms with van der Waals surface area (Å²) in [4.78, 5) is 30.1. The van der Waals surface area contributed by atoms with E-state index in [0.29, 0.717) is 34.9 Å². The van der Waals surface area contributed by atoms with Gasteiger partial charge in [-0.15, -0.1) is 0 Å². The summed E-state index contributed by atoms with van der Waals surface area (Å²) < 4.78 is 7.08. The van der Waals surface area contributed by atoms with Crippen LogP contribution >= 0.6 is 11.6 Å². The molecule has 3 aromatic carbocycles. The van der Waals surface area contributed by atoms with Crippen molar-refractivity contribution in [1.82, 2.24) is 14.9 Å². The predicted octanol–water partition coefficient (Wildman–Crippen LogP) is 4.55. The summed E-state index contributed by atoms with van der Waals surface area (Å²) in [6.45, 7) is 0.538. The zero-order chi connectivity index (χ0) is 22.5. The van der Waals surface area contributed by atoms with Crippen LogP contribution in [0.3, 0.4) is 0 Å². The molecule has 162 valence electrons. The van der Waals surface area contributed by atoms with Crippen molar-refractivity contribution in [2.75, 3.05) is 13.7 Å². The van der Waals surface area contributed by atoms with Gasteiger partial charge in [-0.05, 0) is 54.6 Å². The molecule has 0 aliphatic heterocycles. The predicted molar refractivity (Wildman–Crippen MR) is 125 cm³/mol. The quantitative estimate of drug-likeness (QED) is 0.402. The van der Waals surface area contributed by atoms with Crippen LogP contribution in [0.25, 0.3) is 11.0 Å². The molecule has 7 heteroatoms. The lowest BCUT2D eigenvalue weighted by Gasteiger charge is -2.10. The van der Waals surface area contributed by atoms with E-state index in [2.05, 4.69) is 10.3 Å². The molecule has 1 N–H and O–H groups in total. The molecule has 0 radical (unpaired) electrons. The number of amides is 1. The average molecular weight is 448 g/mol. The molecule has 4 rings (SSSR count). The number of halogens is 1. The van der Waals surface area contributed by atoms with Gasteiger partial charge >= 0.3 is 0 Å². The van der Waals surface area contributed by atoms with E-state index in [1.165, 1.54) is 0 Å². The molecule has 32 heavy (non-hydrogen) atoms. The number of benzene rings is 3. The van der Waals surface area contributed by atoms with Gasteiger partial charge in [-0.25, -0.2) is 4.98 Å². The van der Waals surface area contributed by atoms with Gasteiger partial charge < -0.3 is 14.6 Å². The third kappa shape index (κ3) is 4.81. The maximum atomic E-state index is 12.9. The molecular weight excluding hydrogens is 426 g/mol. The number of nitrogens with zero attached hydrogens (tertiary/aromatic N) is 2. The number of hydrogen-bond acceptors (Lipinski definition) is 4. The van der Waals surface area contributed by atoms with Gasteiger partial charge in [-0.1, -0.05) is 29.8 Å². The van der Waals surface area contributed by atoms with E-state index in [1.807, 2.05) is 28.8 Å². The highest BCUT2D eigenvalue weighted by Crippen LogP contribution is 2.18. The van der Waals surface area contributed by atoms with E-state index >= 15 is 0 Å². The summed E-state index contributed by atoms with van der Waals surface area (Å²) in [7, 11) is 1.56. The standard InChI is InChI=1S/C25H22ClN3O3/c1-32-20-6-4-5-18(15-20)25(31)27-14-13-24-28-21-7-2-3-8-22(21)29(24)16-23(30)17-9-11-19(26)12-10-17/h2-12,15H,13-14,16H2,1H3,(H,27,31). The first-order valence-corrected chi connectivity index (χ1v) is 10.6. The molecule has 6 nitrogen and oxygen atoms in total. The van der Waals surface area contributed by atoms with Crippen molar-refractivity contribution in [2.24, 2.45) is 0 Å². The molecule has 0 aliphatic carbocycles. The summed E-state index contributed by atoms with van der Waals surface area (Å²) in [6.07, 6.45) is 0.484. The molecule has 0 saturated heterocycles. The molecule has 0 saturated carbocycles. The number of imidazole rings is 1. The lowest BCUT2D eigenvalue weighted by molar-refractivity contribution is 0.0948. The van der Waals surface area contributed by atoms with Crippen LogP contribution in [0.2, 0.25) is 5.02 Å². The van der Waals surface area contributed by atoms with E-state index in [4.69, 9.17) is 16.3 Å². The highest BCUT2D eigenvalue weighted by atomic mass is 35.5. The summed E-state index contributed by atoms with van der Waals surface area (Å²) in [5, 5.41) is 3.50. The molecule has 4 aromatic rings. The number of ether oxygens (including phenoxy) is 1. The lowest BCUT2D eigenvalue weighted by atomic mass is 10.1. The second kappa shape index (κ2) is 9.66. The van der Waals surface area contributed by atoms with Gasteiger partial charge in [0.2, 0.25) is 0 Å². The molecule has 0 aliphatic rings. The number of para-hydroxylation sites is 2. The van der Waals surface area contributed by atoms with Crippen LogP contribution in [0.4, 0.5) is 0 Å². The van der Waals surface area contributed by atoms with Crippen molar-refractivity contribution in [3.63, 3.8) is 0 Å². The Kier molecular flexibility index (Phi) is 6.52. The second-order valence-corrected chi connectivity index (χ2v) is 7.71. The van der Waals surface area contributed by atoms with Gasteiger partial charge in [0.1, 0.15) is 11.6 Å². The number of carbonyl (C=O) groups is 2. The van der Waals surface area contributed by atoms with E-state index in [-0.39, 0.29) is 18.2 Å². The normalized spacial score (nSPS) is 10.8. The lowest BCUT2D eigenvalue weighted by Crippen LogP contribution is -2.26. The first-order valence-electron chi connectivity index (χ1n) is 10.2. The summed E-state index contributed by atoms with van der Waals surface area (Å²) in [6, 6.07) is 21.5. The topological polar surface area (TPSA) is 73.2 Å². The van der Waals surface area contributed by atoms with Gasteiger partial charge in [0.15, 0.2) is 5.78 Å². The number of rotatable bonds is 8. The minimum atomic E-state index is -0.191. The number of Topliss-reactive ketones (excluding diaryl/α,β-unsaturated/α-hetero) is 1. The highest BCUT2D eigenvalue weighted by Gasteiger charge is 2.15. The highest BCUT2D eigenvalue weighted by molar-refractivity contribution is 6.30. The Morgan fingerprint density at radius 2 is 1.78 bits per heavy atom. The molecule has 0 spiro atoms. The Labute approximate surface area is 190 Å². The number of fused-ring (bicyclic) bond motifs is 1. The van der Waals surface area contributed by atoms with E-state index in [9.17, 15) is 9.59 Å². The molecule has 0 atom stereocenters. The van der Waals surface area contributed by atoms with Gasteiger partial charge in [-0.2, -0.15) is 0 Å². The van der Waals surface area contributed by atoms with Gasteiger partial charge in [0.05, 0.1) is 24.7 Å². The van der Waals surface area contributed by atoms with Gasteiger partial charge in [-0.3, -0.25) is 9.59 Å². The monoisotopic (exact) mass is 447 g/mol. The van der Waals surface area contributed by atoms with Crippen LogP contribution in [0.5, 0.6) is 5.75 Å². The molecule has 0 bridgehead atoms. The maximum Gasteiger partial charge on any atom is 0.251 e. The third-order valence-corrected chi connectivity index (χ3v) is 5.42. The van der Waals surface area contributed by atoms with E-state index in [1.54, 1.807) is 55.6 Å². The Hall–Kier alpha value is -3.64. The van der Waals surface area contributed by atoms with Crippen molar-refractivity contribution in [3.05, 3.63) is 94.8 Å². The first-order chi connectivity index (χ1) is 15.5. The van der Waals surface area contributed by atoms with Gasteiger partial charge in [0, 0.05) is 29.1 Å². The Morgan fingerprint density at radius 3 is 2.56 bits per heavy atom. The summed E-state index contributed by atoms with van der Waals surface area (Å²) in [5.41, 5.74) is 2.80. The number of hydrogen-bond donors (Lipinski definition) is 1. The Morgan fingerprint density at radius 1 is 1.00 bits per heavy atom. The number of methoxy groups -OCH3 is 1. The molecule has 0 fully saturated rings. The van der Waals surface area contributed by atoms with Crippen LogP contribution in [-0.2, 0) is 13.0 Å². The molecule has 1 amide bonds. The number of carbonyl (C=O) groups excluding carboxylic acids is 2. The third-order valence-electron chi connectivity index (χ3n) is 5.17. The smallest absolute Gasteiger partial charge is 0.251 e. The van der Waals surface area contributed by atoms with Crippen molar-refractivity contribution in [3.8, 4) is 5.75 Å². The van der Waals surface area contributed by atoms with E-state index in [0.717, 1.165) is 16.9 Å².